The number of aromatic nitrogens is 1. The summed E-state index contributed by atoms with van der Waals surface area (Å²) < 4.78 is 29.0. The molecule has 1 amide bonds. The van der Waals surface area contributed by atoms with E-state index in [4.69, 9.17) is 15.7 Å². The Morgan fingerprint density at radius 2 is 1.97 bits per heavy atom. The van der Waals surface area contributed by atoms with E-state index in [2.05, 4.69) is 11.1 Å². The molecule has 1 saturated heterocycles. The van der Waals surface area contributed by atoms with E-state index in [0.717, 1.165) is 27.6 Å². The molecule has 0 saturated carbocycles. The minimum absolute atomic E-state index is 0.0956. The fourth-order valence-electron chi connectivity index (χ4n) is 4.33. The van der Waals surface area contributed by atoms with Crippen LogP contribution in [0.4, 0.5) is 0 Å². The number of nitrogens with one attached hydrogen (secondary N) is 1. The van der Waals surface area contributed by atoms with E-state index in [-0.39, 0.29) is 23.8 Å². The number of amides is 1. The summed E-state index contributed by atoms with van der Waals surface area (Å²) >= 11 is 0. The molecule has 3 N–H and O–H groups in total. The molecule has 0 aliphatic carbocycles. The van der Waals surface area contributed by atoms with Crippen LogP contribution in [-0.4, -0.2) is 37.9 Å². The number of hydrogen-bond donors (Lipinski definition) is 2. The van der Waals surface area contributed by atoms with Crippen molar-refractivity contribution in [1.29, 1.82) is 5.26 Å². The van der Waals surface area contributed by atoms with Crippen LogP contribution in [0.15, 0.2) is 36.5 Å². The fraction of sp³-hybridized carbons (Fsp3) is 0.304. The van der Waals surface area contributed by atoms with Crippen molar-refractivity contribution in [3.63, 3.8) is 0 Å². The molecule has 1 fully saturated rings. The van der Waals surface area contributed by atoms with Gasteiger partial charge in [0, 0.05) is 17.1 Å². The quantitative estimate of drug-likeness (QED) is 0.633. The Morgan fingerprint density at radius 3 is 2.61 bits per heavy atom. The van der Waals surface area contributed by atoms with Gasteiger partial charge < -0.3 is 15.5 Å². The summed E-state index contributed by atoms with van der Waals surface area (Å²) in [6, 6.07) is 11.5. The number of hydrogen-bond acceptors (Lipinski definition) is 5. The minimum Gasteiger partial charge on any atom is -0.496 e. The number of fused-ring (bicyclic) bond motifs is 1. The standard InChI is InChI=1S/C23H23N3O4S/c1-30-21-3-2-15(10-16(21)4-7-24)17-11-18-20(14-5-8-31(28,29)9-6-14)13-26-22(18)19(12-17)23(25)27/h2-3,10-14,26H,4-6,8-9H2,1H3,(H2,25,27). The van der Waals surface area contributed by atoms with Crippen molar-refractivity contribution in [2.75, 3.05) is 18.6 Å². The summed E-state index contributed by atoms with van der Waals surface area (Å²) in [6.45, 7) is 0. The number of nitrogens with two attached hydrogens (primary N) is 1. The molecule has 8 heteroatoms. The number of carbonyl (C=O) groups excluding carboxylic acids is 1. The number of nitrogens with zero attached hydrogens (tertiary/aromatic N) is 1. The first-order chi connectivity index (χ1) is 14.8. The number of methoxy groups -OCH3 is 1. The molecule has 31 heavy (non-hydrogen) atoms. The summed E-state index contributed by atoms with van der Waals surface area (Å²) in [6.07, 6.45) is 3.17. The molecule has 0 bridgehead atoms. The third kappa shape index (κ3) is 4.01. The Balaban J connectivity index is 1.85. The maximum Gasteiger partial charge on any atom is 0.250 e. The van der Waals surface area contributed by atoms with Gasteiger partial charge in [-0.2, -0.15) is 5.26 Å². The smallest absolute Gasteiger partial charge is 0.250 e. The highest BCUT2D eigenvalue weighted by Gasteiger charge is 2.27. The lowest BCUT2D eigenvalue weighted by Crippen LogP contribution is -2.22. The summed E-state index contributed by atoms with van der Waals surface area (Å²) in [5, 5.41) is 10.0. The van der Waals surface area contributed by atoms with Gasteiger partial charge in [0.25, 0.3) is 5.91 Å². The number of sulfone groups is 1. The SMILES string of the molecule is COc1ccc(-c2cc(C(N)=O)c3[nH]cc(C4CCS(=O)(=O)CC4)c3c2)cc1CC#N. The molecule has 1 aliphatic rings. The van der Waals surface area contributed by atoms with Crippen molar-refractivity contribution in [2.45, 2.75) is 25.2 Å². The third-order valence-corrected chi connectivity index (χ3v) is 7.68. The zero-order valence-electron chi connectivity index (χ0n) is 17.1. The molecule has 0 spiro atoms. The maximum atomic E-state index is 12.2. The van der Waals surface area contributed by atoms with Gasteiger partial charge in [0.1, 0.15) is 15.6 Å². The summed E-state index contributed by atoms with van der Waals surface area (Å²) in [5.74, 6) is 0.522. The van der Waals surface area contributed by atoms with Crippen LogP contribution in [0.2, 0.25) is 0 Å². The number of ether oxygens (including phenoxy) is 1. The van der Waals surface area contributed by atoms with E-state index < -0.39 is 15.7 Å². The Kier molecular flexibility index (Phi) is 5.46. The molecule has 1 aromatic heterocycles. The normalized spacial score (nSPS) is 16.1. The first-order valence-corrected chi connectivity index (χ1v) is 11.8. The molecule has 4 rings (SSSR count). The Labute approximate surface area is 180 Å². The maximum absolute atomic E-state index is 12.2. The molecular weight excluding hydrogens is 414 g/mol. The van der Waals surface area contributed by atoms with Gasteiger partial charge in [-0.15, -0.1) is 0 Å². The fourth-order valence-corrected chi connectivity index (χ4v) is 5.83. The summed E-state index contributed by atoms with van der Waals surface area (Å²) in [7, 11) is -1.41. The van der Waals surface area contributed by atoms with Crippen LogP contribution in [-0.2, 0) is 16.3 Å². The van der Waals surface area contributed by atoms with E-state index in [1.807, 2.05) is 24.4 Å². The van der Waals surface area contributed by atoms with Crippen molar-refractivity contribution < 1.29 is 17.9 Å². The molecule has 160 valence electrons. The highest BCUT2D eigenvalue weighted by Crippen LogP contribution is 2.37. The lowest BCUT2D eigenvalue weighted by atomic mass is 9.90. The number of carbonyl (C=O) groups is 1. The second kappa shape index (κ2) is 8.08. The summed E-state index contributed by atoms with van der Waals surface area (Å²) in [5.41, 5.74) is 10.1. The van der Waals surface area contributed by atoms with Gasteiger partial charge in [0.15, 0.2) is 0 Å². The lowest BCUT2D eigenvalue weighted by Gasteiger charge is -2.21. The first kappa shape index (κ1) is 20.9. The molecule has 7 nitrogen and oxygen atoms in total. The largest absolute Gasteiger partial charge is 0.496 e. The van der Waals surface area contributed by atoms with E-state index in [9.17, 15) is 13.2 Å². The number of nitriles is 1. The first-order valence-electron chi connectivity index (χ1n) is 10.0. The summed E-state index contributed by atoms with van der Waals surface area (Å²) in [4.78, 5) is 15.4. The van der Waals surface area contributed by atoms with Crippen LogP contribution >= 0.6 is 0 Å². The van der Waals surface area contributed by atoms with E-state index in [0.29, 0.717) is 29.7 Å². The molecule has 2 heterocycles. The minimum atomic E-state index is -2.97. The Morgan fingerprint density at radius 1 is 1.23 bits per heavy atom. The Hall–Kier alpha value is -3.31. The highest BCUT2D eigenvalue weighted by molar-refractivity contribution is 7.91. The van der Waals surface area contributed by atoms with Crippen LogP contribution in [0, 0.1) is 11.3 Å². The number of rotatable bonds is 5. The van der Waals surface area contributed by atoms with Crippen LogP contribution in [0.25, 0.3) is 22.0 Å². The topological polar surface area (TPSA) is 126 Å². The van der Waals surface area contributed by atoms with Crippen molar-refractivity contribution >= 4 is 26.6 Å². The number of aromatic amines is 1. The van der Waals surface area contributed by atoms with Crippen LogP contribution < -0.4 is 10.5 Å². The van der Waals surface area contributed by atoms with Crippen molar-refractivity contribution in [2.24, 2.45) is 5.73 Å². The van der Waals surface area contributed by atoms with Gasteiger partial charge in [-0.3, -0.25) is 4.79 Å². The molecule has 0 radical (unpaired) electrons. The van der Waals surface area contributed by atoms with Crippen LogP contribution in [0.1, 0.15) is 40.2 Å². The van der Waals surface area contributed by atoms with Gasteiger partial charge in [-0.25, -0.2) is 8.42 Å². The number of H-pyrrole nitrogens is 1. The number of primary amides is 1. The monoisotopic (exact) mass is 437 g/mol. The molecule has 0 unspecified atom stereocenters. The zero-order valence-corrected chi connectivity index (χ0v) is 18.0. The van der Waals surface area contributed by atoms with Gasteiger partial charge in [0.05, 0.1) is 42.2 Å². The third-order valence-electron chi connectivity index (χ3n) is 5.96. The second-order valence-corrected chi connectivity index (χ2v) is 10.1. The Bertz CT molecular complexity index is 1300. The van der Waals surface area contributed by atoms with Crippen LogP contribution in [0.3, 0.4) is 0 Å². The molecular formula is C23H23N3O4S. The molecule has 1 aliphatic heterocycles. The number of benzene rings is 2. The second-order valence-electron chi connectivity index (χ2n) is 7.84. The van der Waals surface area contributed by atoms with E-state index in [1.165, 1.54) is 0 Å². The van der Waals surface area contributed by atoms with Gasteiger partial charge in [0.2, 0.25) is 0 Å². The van der Waals surface area contributed by atoms with Crippen molar-refractivity contribution in [1.82, 2.24) is 4.98 Å². The van der Waals surface area contributed by atoms with E-state index in [1.54, 1.807) is 19.2 Å². The zero-order chi connectivity index (χ0) is 22.2. The molecule has 0 atom stereocenters. The predicted molar refractivity (Wildman–Crippen MR) is 119 cm³/mol. The molecule has 3 aromatic rings. The van der Waals surface area contributed by atoms with Crippen molar-refractivity contribution in [3.05, 3.63) is 53.2 Å². The predicted octanol–water partition coefficient (Wildman–Crippen LogP) is 3.30. The lowest BCUT2D eigenvalue weighted by molar-refractivity contribution is 0.100. The average Bonchev–Trinajstić information content (AvgIpc) is 3.17. The molecule has 2 aromatic carbocycles. The average molecular weight is 438 g/mol. The van der Waals surface area contributed by atoms with Gasteiger partial charge >= 0.3 is 0 Å². The van der Waals surface area contributed by atoms with E-state index >= 15 is 0 Å². The van der Waals surface area contributed by atoms with Gasteiger partial charge in [-0.1, -0.05) is 6.07 Å². The van der Waals surface area contributed by atoms with Crippen LogP contribution in [0.5, 0.6) is 5.75 Å². The highest BCUT2D eigenvalue weighted by atomic mass is 32.2. The van der Waals surface area contributed by atoms with Gasteiger partial charge in [-0.05, 0) is 59.7 Å². The van der Waals surface area contributed by atoms with Crippen molar-refractivity contribution in [3.8, 4) is 22.9 Å².